The van der Waals surface area contributed by atoms with E-state index < -0.39 is 42.2 Å². The molecule has 1 aromatic carbocycles. The van der Waals surface area contributed by atoms with E-state index in [-0.39, 0.29) is 18.4 Å². The second kappa shape index (κ2) is 11.6. The molecule has 0 radical (unpaired) electrons. The van der Waals surface area contributed by atoms with Crippen LogP contribution in [0.3, 0.4) is 0 Å². The Bertz CT molecular complexity index is 953. The number of likely N-dealkylation sites (tertiary alicyclic amines) is 1. The Morgan fingerprint density at radius 2 is 1.86 bits per heavy atom. The van der Waals surface area contributed by atoms with Gasteiger partial charge in [0.2, 0.25) is 11.8 Å². The van der Waals surface area contributed by atoms with Crippen molar-refractivity contribution in [2.75, 3.05) is 13.1 Å². The monoisotopic (exact) mass is 510 g/mol. The quantitative estimate of drug-likeness (QED) is 0.561. The first-order valence-corrected chi connectivity index (χ1v) is 12.8. The van der Waals surface area contributed by atoms with E-state index in [1.54, 1.807) is 32.9 Å². The van der Waals surface area contributed by atoms with Gasteiger partial charge < -0.3 is 20.9 Å². The number of benzene rings is 1. The summed E-state index contributed by atoms with van der Waals surface area (Å²) >= 11 is 0. The topological polar surface area (TPSA) is 95.7 Å². The van der Waals surface area contributed by atoms with Crippen LogP contribution in [-0.2, 0) is 20.8 Å². The Kier molecular flexibility index (Phi) is 9.03. The molecule has 2 aliphatic rings. The van der Waals surface area contributed by atoms with Crippen molar-refractivity contribution in [2.24, 2.45) is 11.7 Å². The average molecular weight is 511 g/mol. The molecule has 1 aliphatic carbocycles. The highest BCUT2D eigenvalue weighted by Crippen LogP contribution is 2.37. The van der Waals surface area contributed by atoms with E-state index in [0.717, 1.165) is 22.4 Å². The van der Waals surface area contributed by atoms with Gasteiger partial charge >= 0.3 is 12.1 Å². The summed E-state index contributed by atoms with van der Waals surface area (Å²) in [4.78, 5) is 41.0. The molecule has 1 fully saturated rings. The normalized spacial score (nSPS) is 21.6. The van der Waals surface area contributed by atoms with E-state index in [9.17, 15) is 27.6 Å². The fraction of sp³-hybridized carbons (Fsp3) is 0.654. The minimum absolute atomic E-state index is 0.212. The highest BCUT2D eigenvalue weighted by molar-refractivity contribution is 5.90. The minimum atomic E-state index is -5.02. The second-order valence-corrected chi connectivity index (χ2v) is 10.1. The van der Waals surface area contributed by atoms with E-state index in [4.69, 9.17) is 5.73 Å². The maximum Gasteiger partial charge on any atom is 0.471 e. The molecule has 3 N–H and O–H groups in total. The van der Waals surface area contributed by atoms with Gasteiger partial charge in [-0.3, -0.25) is 14.4 Å². The van der Waals surface area contributed by atoms with Crippen molar-refractivity contribution in [1.29, 1.82) is 0 Å². The van der Waals surface area contributed by atoms with Crippen LogP contribution >= 0.6 is 0 Å². The molecule has 10 heteroatoms. The molecular weight excluding hydrogens is 473 g/mol. The zero-order valence-corrected chi connectivity index (χ0v) is 21.2. The van der Waals surface area contributed by atoms with Gasteiger partial charge in [0, 0.05) is 19.1 Å². The molecule has 0 bridgehead atoms. The van der Waals surface area contributed by atoms with Crippen LogP contribution in [0.4, 0.5) is 13.2 Å². The highest BCUT2D eigenvalue weighted by atomic mass is 19.4. The van der Waals surface area contributed by atoms with E-state index in [1.165, 1.54) is 4.90 Å². The molecule has 0 aromatic heterocycles. The molecule has 4 atom stereocenters. The van der Waals surface area contributed by atoms with Crippen LogP contribution in [0.25, 0.3) is 0 Å². The standard InChI is InChI=1S/C26H37F3N4O3/c1-4-20(30)23(34)31-22(16(2)3)24(35)32-14-8-11-18(32)15-33(25(36)26(27,28)29)21-13-7-10-17-9-5-6-12-19(17)21/h5-6,9,12,16,18,20-22H,4,7-8,10-11,13-15,30H2,1-3H3,(H,31,34)/t18-,20-,21-,22-/m0/s1. The summed E-state index contributed by atoms with van der Waals surface area (Å²) in [5.74, 6) is -2.92. The lowest BCUT2D eigenvalue weighted by Gasteiger charge is -2.40. The molecule has 1 heterocycles. The van der Waals surface area contributed by atoms with Crippen molar-refractivity contribution in [2.45, 2.75) is 89.6 Å². The largest absolute Gasteiger partial charge is 0.471 e. The number of carbonyl (C=O) groups is 3. The summed E-state index contributed by atoms with van der Waals surface area (Å²) in [5.41, 5.74) is 7.50. The number of hydrogen-bond donors (Lipinski definition) is 2. The molecule has 3 amide bonds. The number of nitrogens with one attached hydrogen (secondary N) is 1. The Balaban J connectivity index is 1.86. The summed E-state index contributed by atoms with van der Waals surface area (Å²) in [6.07, 6.45) is -1.66. The molecule has 3 rings (SSSR count). The maximum atomic E-state index is 13.7. The van der Waals surface area contributed by atoms with Crippen molar-refractivity contribution in [3.63, 3.8) is 0 Å². The molecule has 200 valence electrons. The van der Waals surface area contributed by atoms with Crippen LogP contribution in [0.2, 0.25) is 0 Å². The lowest BCUT2D eigenvalue weighted by molar-refractivity contribution is -0.189. The number of rotatable bonds is 8. The zero-order chi connectivity index (χ0) is 26.6. The summed E-state index contributed by atoms with van der Waals surface area (Å²) < 4.78 is 41.1. The number of carbonyl (C=O) groups excluding carboxylic acids is 3. The number of nitrogens with two attached hydrogens (primary N) is 1. The number of aryl methyl sites for hydroxylation is 1. The van der Waals surface area contributed by atoms with Gasteiger partial charge in [0.05, 0.1) is 12.1 Å². The van der Waals surface area contributed by atoms with Crippen molar-refractivity contribution in [1.82, 2.24) is 15.1 Å². The van der Waals surface area contributed by atoms with E-state index in [0.29, 0.717) is 38.6 Å². The van der Waals surface area contributed by atoms with Crippen LogP contribution in [0.1, 0.15) is 70.0 Å². The first kappa shape index (κ1) is 28.0. The summed E-state index contributed by atoms with van der Waals surface area (Å²) in [5, 5.41) is 2.73. The van der Waals surface area contributed by atoms with Gasteiger partial charge in [0.25, 0.3) is 0 Å². The van der Waals surface area contributed by atoms with Crippen LogP contribution in [0.15, 0.2) is 24.3 Å². The first-order chi connectivity index (χ1) is 17.0. The van der Waals surface area contributed by atoms with Gasteiger partial charge in [-0.15, -0.1) is 0 Å². The smallest absolute Gasteiger partial charge is 0.343 e. The Morgan fingerprint density at radius 1 is 1.17 bits per heavy atom. The highest BCUT2D eigenvalue weighted by Gasteiger charge is 2.47. The second-order valence-electron chi connectivity index (χ2n) is 10.1. The number of fused-ring (bicyclic) bond motifs is 1. The van der Waals surface area contributed by atoms with Crippen molar-refractivity contribution in [3.05, 3.63) is 35.4 Å². The van der Waals surface area contributed by atoms with Crippen molar-refractivity contribution in [3.8, 4) is 0 Å². The fourth-order valence-corrected chi connectivity index (χ4v) is 5.25. The molecule has 7 nitrogen and oxygen atoms in total. The maximum absolute atomic E-state index is 13.7. The summed E-state index contributed by atoms with van der Waals surface area (Å²) in [6.45, 7) is 5.50. The molecular formula is C26H37F3N4O3. The Labute approximate surface area is 210 Å². The number of halogens is 3. The van der Waals surface area contributed by atoms with Gasteiger partial charge in [-0.25, -0.2) is 0 Å². The summed E-state index contributed by atoms with van der Waals surface area (Å²) in [7, 11) is 0. The fourth-order valence-electron chi connectivity index (χ4n) is 5.25. The lowest BCUT2D eigenvalue weighted by Crippen LogP contribution is -2.57. The zero-order valence-electron chi connectivity index (χ0n) is 21.2. The van der Waals surface area contributed by atoms with Gasteiger partial charge in [0.15, 0.2) is 0 Å². The minimum Gasteiger partial charge on any atom is -0.343 e. The number of amides is 3. The summed E-state index contributed by atoms with van der Waals surface area (Å²) in [6, 6.07) is 4.42. The van der Waals surface area contributed by atoms with Gasteiger partial charge in [-0.05, 0) is 55.6 Å². The Hall–Kier alpha value is -2.62. The average Bonchev–Trinajstić information content (AvgIpc) is 3.31. The number of nitrogens with zero attached hydrogens (tertiary/aromatic N) is 2. The first-order valence-electron chi connectivity index (χ1n) is 12.8. The molecule has 36 heavy (non-hydrogen) atoms. The molecule has 0 saturated carbocycles. The van der Waals surface area contributed by atoms with Gasteiger partial charge in [-0.2, -0.15) is 13.2 Å². The molecule has 1 aliphatic heterocycles. The SMILES string of the molecule is CC[C@H](N)C(=O)N[C@H](C(=O)N1CCC[C@H]1CN(C(=O)C(F)(F)F)[C@H]1CCCc2ccccc21)C(C)C. The third-order valence-electron chi connectivity index (χ3n) is 7.29. The van der Waals surface area contributed by atoms with Gasteiger partial charge in [0.1, 0.15) is 6.04 Å². The third-order valence-corrected chi connectivity index (χ3v) is 7.29. The number of alkyl halides is 3. The predicted molar refractivity (Wildman–Crippen MR) is 130 cm³/mol. The number of hydrogen-bond acceptors (Lipinski definition) is 4. The molecule has 1 aromatic rings. The van der Waals surface area contributed by atoms with Crippen molar-refractivity contribution < 1.29 is 27.6 Å². The molecule has 1 saturated heterocycles. The van der Waals surface area contributed by atoms with Crippen LogP contribution in [0, 0.1) is 5.92 Å². The Morgan fingerprint density at radius 3 is 2.50 bits per heavy atom. The van der Waals surface area contributed by atoms with Crippen molar-refractivity contribution >= 4 is 17.7 Å². The van der Waals surface area contributed by atoms with Crippen LogP contribution < -0.4 is 11.1 Å². The van der Waals surface area contributed by atoms with E-state index >= 15 is 0 Å². The lowest BCUT2D eigenvalue weighted by atomic mass is 9.86. The van der Waals surface area contributed by atoms with Crippen LogP contribution in [-0.4, -0.2) is 64.9 Å². The molecule has 0 unspecified atom stereocenters. The van der Waals surface area contributed by atoms with E-state index in [2.05, 4.69) is 5.32 Å². The van der Waals surface area contributed by atoms with Gasteiger partial charge in [-0.1, -0.05) is 45.0 Å². The van der Waals surface area contributed by atoms with Crippen LogP contribution in [0.5, 0.6) is 0 Å². The van der Waals surface area contributed by atoms with E-state index in [1.807, 2.05) is 12.1 Å². The third kappa shape index (κ3) is 6.19. The molecule has 0 spiro atoms. The predicted octanol–water partition coefficient (Wildman–Crippen LogP) is 3.32.